The van der Waals surface area contributed by atoms with Crippen LogP contribution in [0.5, 0.6) is 6.01 Å². The summed E-state index contributed by atoms with van der Waals surface area (Å²) in [5.74, 6) is -2.00. The molecule has 3 aliphatic rings. The number of rotatable bonds is 5. The number of benzene rings is 2. The van der Waals surface area contributed by atoms with Gasteiger partial charge in [-0.25, -0.2) is 18.2 Å². The molecule has 3 atom stereocenters. The van der Waals surface area contributed by atoms with Crippen LogP contribution in [0.25, 0.3) is 32.2 Å². The molecule has 8 nitrogen and oxygen atoms in total. The maximum absolute atomic E-state index is 16.7. The van der Waals surface area contributed by atoms with Gasteiger partial charge in [0.25, 0.3) is 0 Å². The zero-order valence-corrected chi connectivity index (χ0v) is 24.8. The Labute approximate surface area is 257 Å². The Hall–Kier alpha value is -3.43. The summed E-state index contributed by atoms with van der Waals surface area (Å²) < 4.78 is 95.8. The number of nitrogen functional groups attached to an aromatic ring is 1. The van der Waals surface area contributed by atoms with Crippen molar-refractivity contribution >= 4 is 43.4 Å². The molecule has 0 amide bonds. The predicted molar refractivity (Wildman–Crippen MR) is 158 cm³/mol. The van der Waals surface area contributed by atoms with Crippen molar-refractivity contribution in [2.24, 2.45) is 0 Å². The van der Waals surface area contributed by atoms with Crippen LogP contribution in [-0.2, 0) is 6.18 Å². The monoisotopic (exact) mass is 652 g/mol. The topological polar surface area (TPSA) is 101 Å². The summed E-state index contributed by atoms with van der Waals surface area (Å²) in [6, 6.07) is 2.56. The summed E-state index contributed by atoms with van der Waals surface area (Å²) in [5, 5.41) is 9.96. The van der Waals surface area contributed by atoms with Crippen molar-refractivity contribution in [3.63, 3.8) is 0 Å². The van der Waals surface area contributed by atoms with Gasteiger partial charge in [0, 0.05) is 42.6 Å². The Kier molecular flexibility index (Phi) is 7.47. The van der Waals surface area contributed by atoms with E-state index in [4.69, 9.17) is 10.5 Å². The zero-order chi connectivity index (χ0) is 31.7. The quantitative estimate of drug-likeness (QED) is 0.250. The molecule has 3 aliphatic heterocycles. The minimum atomic E-state index is -5.02. The number of alkyl halides is 4. The average molecular weight is 653 g/mol. The highest BCUT2D eigenvalue weighted by molar-refractivity contribution is 7.22. The van der Waals surface area contributed by atoms with Gasteiger partial charge in [0.1, 0.15) is 29.9 Å². The standard InChI is InChI=1S/C30H30F6N6O2S/c31-15-12-29(7-2-9-42(29)13-15)14-44-28-39-23-18(26(40-28)41-8-1-3-16(43)6-10-41)11-19(30(34,35)36)21(22(23)33)17-4-5-20(32)25-24(17)38-27(37)45-25/h4-5,11,15-16,43H,1-3,6-10,12-14H2,(H2,37,38)/t15-,16?,29+/m1/s1. The molecule has 3 saturated heterocycles. The fourth-order valence-corrected chi connectivity index (χ4v) is 7.88. The SMILES string of the molecule is Nc1nc2c(-c3c(C(F)(F)F)cc4c(N5CCCC(O)CC5)nc(OC[C@@]56CCCN5C[C@H](F)C6)nc4c3F)ccc(F)c2s1. The summed E-state index contributed by atoms with van der Waals surface area (Å²) in [7, 11) is 0. The molecule has 0 aliphatic carbocycles. The first-order chi connectivity index (χ1) is 21.4. The molecule has 0 bridgehead atoms. The van der Waals surface area contributed by atoms with Crippen molar-refractivity contribution in [1.82, 2.24) is 19.9 Å². The Morgan fingerprint density at radius 1 is 1.07 bits per heavy atom. The lowest BCUT2D eigenvalue weighted by molar-refractivity contribution is -0.137. The van der Waals surface area contributed by atoms with E-state index in [1.54, 1.807) is 4.90 Å². The maximum Gasteiger partial charge on any atom is 0.417 e. The molecule has 45 heavy (non-hydrogen) atoms. The van der Waals surface area contributed by atoms with Crippen molar-refractivity contribution in [3.8, 4) is 17.1 Å². The number of anilines is 2. The number of halogens is 6. The van der Waals surface area contributed by atoms with E-state index >= 15 is 4.39 Å². The molecule has 3 fully saturated rings. The van der Waals surface area contributed by atoms with Gasteiger partial charge >= 0.3 is 12.2 Å². The third kappa shape index (κ3) is 5.31. The number of thiazole rings is 1. The predicted octanol–water partition coefficient (Wildman–Crippen LogP) is 6.09. The van der Waals surface area contributed by atoms with Crippen LogP contribution in [0.2, 0.25) is 0 Å². The number of aliphatic hydroxyl groups excluding tert-OH is 1. The molecule has 2 aromatic heterocycles. The van der Waals surface area contributed by atoms with Gasteiger partial charge in [-0.1, -0.05) is 11.3 Å². The van der Waals surface area contributed by atoms with Gasteiger partial charge in [0.05, 0.1) is 27.4 Å². The number of hydrogen-bond acceptors (Lipinski definition) is 9. The van der Waals surface area contributed by atoms with Crippen LogP contribution < -0.4 is 15.4 Å². The first kappa shape index (κ1) is 30.2. The lowest BCUT2D eigenvalue weighted by Crippen LogP contribution is -2.43. The minimum Gasteiger partial charge on any atom is -0.461 e. The number of fused-ring (bicyclic) bond motifs is 3. The number of aliphatic hydroxyl groups is 1. The lowest BCUT2D eigenvalue weighted by Gasteiger charge is -2.31. The molecule has 15 heteroatoms. The van der Waals surface area contributed by atoms with Crippen molar-refractivity contribution in [2.75, 3.05) is 43.4 Å². The van der Waals surface area contributed by atoms with Gasteiger partial charge in [-0.3, -0.25) is 4.90 Å². The Morgan fingerprint density at radius 3 is 2.69 bits per heavy atom. The number of hydrogen-bond donors (Lipinski definition) is 2. The molecular formula is C30H30F6N6O2S. The maximum atomic E-state index is 16.7. The second-order valence-electron chi connectivity index (χ2n) is 12.1. The van der Waals surface area contributed by atoms with E-state index in [2.05, 4.69) is 15.0 Å². The molecular weight excluding hydrogens is 622 g/mol. The highest BCUT2D eigenvalue weighted by Crippen LogP contribution is 2.46. The number of nitrogens with zero attached hydrogens (tertiary/aromatic N) is 5. The first-order valence-corrected chi connectivity index (χ1v) is 15.7. The van der Waals surface area contributed by atoms with Crippen LogP contribution in [0.15, 0.2) is 18.2 Å². The summed E-state index contributed by atoms with van der Waals surface area (Å²) in [5.41, 5.74) is 2.15. The lowest BCUT2D eigenvalue weighted by atomic mass is 9.95. The highest BCUT2D eigenvalue weighted by atomic mass is 32.1. The van der Waals surface area contributed by atoms with Crippen molar-refractivity contribution in [1.29, 1.82) is 0 Å². The molecule has 0 saturated carbocycles. The molecule has 4 aromatic rings. The van der Waals surface area contributed by atoms with E-state index in [0.717, 1.165) is 42.5 Å². The van der Waals surface area contributed by atoms with Crippen LogP contribution in [0.3, 0.4) is 0 Å². The Balaban J connectivity index is 1.42. The molecule has 2 aromatic carbocycles. The van der Waals surface area contributed by atoms with Gasteiger partial charge in [-0.2, -0.15) is 23.1 Å². The number of nitrogens with two attached hydrogens (primary N) is 1. The number of ether oxygens (including phenoxy) is 1. The average Bonchev–Trinajstić information content (AvgIpc) is 3.59. The number of aromatic nitrogens is 3. The molecule has 5 heterocycles. The van der Waals surface area contributed by atoms with Gasteiger partial charge in [0.15, 0.2) is 10.9 Å². The normalized spacial score (nSPS) is 24.5. The third-order valence-electron chi connectivity index (χ3n) is 9.21. The van der Waals surface area contributed by atoms with Crippen LogP contribution in [0.4, 0.5) is 37.3 Å². The molecule has 0 spiro atoms. The summed E-state index contributed by atoms with van der Waals surface area (Å²) in [4.78, 5) is 16.6. The van der Waals surface area contributed by atoms with E-state index in [1.165, 1.54) is 0 Å². The first-order valence-electron chi connectivity index (χ1n) is 14.8. The summed E-state index contributed by atoms with van der Waals surface area (Å²) in [6.07, 6.45) is -3.44. The van der Waals surface area contributed by atoms with E-state index in [-0.39, 0.29) is 64.2 Å². The fourth-order valence-electron chi connectivity index (χ4n) is 7.12. The van der Waals surface area contributed by atoms with E-state index in [1.807, 2.05) is 4.90 Å². The van der Waals surface area contributed by atoms with Crippen LogP contribution in [0, 0.1) is 11.6 Å². The van der Waals surface area contributed by atoms with Gasteiger partial charge in [-0.05, 0) is 56.8 Å². The molecule has 0 radical (unpaired) electrons. The fraction of sp³-hybridized carbons (Fsp3) is 0.500. The molecule has 240 valence electrons. The molecule has 7 rings (SSSR count). The molecule has 1 unspecified atom stereocenters. The van der Waals surface area contributed by atoms with Crippen molar-refractivity contribution in [3.05, 3.63) is 35.4 Å². The summed E-state index contributed by atoms with van der Waals surface area (Å²) >= 11 is 0.746. The highest BCUT2D eigenvalue weighted by Gasteiger charge is 2.49. The Morgan fingerprint density at radius 2 is 1.89 bits per heavy atom. The summed E-state index contributed by atoms with van der Waals surface area (Å²) in [6.45, 7) is 1.65. The van der Waals surface area contributed by atoms with Crippen LogP contribution >= 0.6 is 11.3 Å². The van der Waals surface area contributed by atoms with Gasteiger partial charge in [0.2, 0.25) is 0 Å². The Bertz CT molecular complexity index is 1790. The van der Waals surface area contributed by atoms with Crippen molar-refractivity contribution in [2.45, 2.75) is 62.5 Å². The van der Waals surface area contributed by atoms with Gasteiger partial charge < -0.3 is 20.5 Å². The van der Waals surface area contributed by atoms with Gasteiger partial charge in [-0.15, -0.1) is 0 Å². The smallest absolute Gasteiger partial charge is 0.417 e. The van der Waals surface area contributed by atoms with E-state index in [0.29, 0.717) is 32.2 Å². The largest absolute Gasteiger partial charge is 0.461 e. The van der Waals surface area contributed by atoms with E-state index < -0.39 is 52.3 Å². The van der Waals surface area contributed by atoms with Crippen molar-refractivity contribution < 1.29 is 36.2 Å². The zero-order valence-electron chi connectivity index (χ0n) is 24.0. The third-order valence-corrected chi connectivity index (χ3v) is 10.1. The van der Waals surface area contributed by atoms with E-state index in [9.17, 15) is 27.1 Å². The molecule has 3 N–H and O–H groups in total. The van der Waals surface area contributed by atoms with Crippen LogP contribution in [0.1, 0.15) is 44.1 Å². The second-order valence-corrected chi connectivity index (χ2v) is 13.1. The van der Waals surface area contributed by atoms with Crippen LogP contribution in [-0.4, -0.2) is 75.6 Å². The minimum absolute atomic E-state index is 0.0306. The second kappa shape index (κ2) is 11.1.